The fraction of sp³-hybridized carbons (Fsp3) is 0.600. The molecule has 2 atom stereocenters. The first-order chi connectivity index (χ1) is 13.2. The van der Waals surface area contributed by atoms with Crippen LogP contribution in [0.4, 0.5) is 0 Å². The zero-order chi connectivity index (χ0) is 20.5. The first kappa shape index (κ1) is 20.8. The summed E-state index contributed by atoms with van der Waals surface area (Å²) in [7, 11) is -3.61. The Hall–Kier alpha value is -1.93. The van der Waals surface area contributed by atoms with Gasteiger partial charge in [-0.15, -0.1) is 0 Å². The fourth-order valence-electron chi connectivity index (χ4n) is 4.23. The zero-order valence-corrected chi connectivity index (χ0v) is 17.2. The number of hydrogen-bond acceptors (Lipinski definition) is 4. The highest BCUT2D eigenvalue weighted by atomic mass is 32.2. The molecule has 3 rings (SSSR count). The molecular weight excluding hydrogens is 380 g/mol. The van der Waals surface area contributed by atoms with Crippen LogP contribution in [-0.4, -0.2) is 60.8 Å². The fourth-order valence-corrected chi connectivity index (χ4v) is 5.96. The topological polar surface area (TPSA) is 95.0 Å². The summed E-state index contributed by atoms with van der Waals surface area (Å²) in [6.07, 6.45) is 2.83. The van der Waals surface area contributed by atoms with Gasteiger partial charge in [0.05, 0.1) is 16.7 Å². The van der Waals surface area contributed by atoms with Crippen LogP contribution in [0.1, 0.15) is 36.8 Å². The monoisotopic (exact) mass is 408 g/mol. The minimum absolute atomic E-state index is 0.143. The molecule has 1 aliphatic carbocycles. The van der Waals surface area contributed by atoms with Gasteiger partial charge in [-0.1, -0.05) is 25.0 Å². The molecule has 8 heteroatoms. The van der Waals surface area contributed by atoms with Gasteiger partial charge in [-0.25, -0.2) is 8.42 Å². The number of nitrogens with zero attached hydrogens (tertiary/aromatic N) is 2. The lowest BCUT2D eigenvalue weighted by Gasteiger charge is -2.38. The van der Waals surface area contributed by atoms with Crippen molar-refractivity contribution in [3.8, 4) is 0 Å². The normalized spacial score (nSPS) is 24.1. The number of rotatable bonds is 4. The highest BCUT2D eigenvalue weighted by Crippen LogP contribution is 2.32. The van der Waals surface area contributed by atoms with Crippen LogP contribution in [-0.2, 0) is 19.6 Å². The molecule has 154 valence electrons. The van der Waals surface area contributed by atoms with Crippen LogP contribution in [0.5, 0.6) is 0 Å². The van der Waals surface area contributed by atoms with Gasteiger partial charge in [-0.2, -0.15) is 4.31 Å². The van der Waals surface area contributed by atoms with Crippen LogP contribution < -0.4 is 0 Å². The van der Waals surface area contributed by atoms with Crippen molar-refractivity contribution in [3.63, 3.8) is 0 Å². The van der Waals surface area contributed by atoms with E-state index < -0.39 is 27.8 Å². The van der Waals surface area contributed by atoms with Gasteiger partial charge in [-0.3, -0.25) is 9.59 Å². The van der Waals surface area contributed by atoms with Gasteiger partial charge in [0.15, 0.2) is 0 Å². The molecule has 28 heavy (non-hydrogen) atoms. The Morgan fingerprint density at radius 2 is 1.61 bits per heavy atom. The van der Waals surface area contributed by atoms with Crippen LogP contribution in [0.15, 0.2) is 23.1 Å². The van der Waals surface area contributed by atoms with Crippen LogP contribution in [0.25, 0.3) is 0 Å². The molecule has 1 aromatic rings. The van der Waals surface area contributed by atoms with Crippen molar-refractivity contribution in [2.24, 2.45) is 11.8 Å². The van der Waals surface area contributed by atoms with Gasteiger partial charge in [-0.05, 0) is 43.9 Å². The number of hydrogen-bond donors (Lipinski definition) is 1. The second kappa shape index (κ2) is 8.21. The smallest absolute Gasteiger partial charge is 0.307 e. The summed E-state index contributed by atoms with van der Waals surface area (Å²) in [4.78, 5) is 26.3. The summed E-state index contributed by atoms with van der Waals surface area (Å²) in [5, 5.41) is 9.42. The Kier molecular flexibility index (Phi) is 6.09. The van der Waals surface area contributed by atoms with E-state index >= 15 is 0 Å². The number of amides is 1. The van der Waals surface area contributed by atoms with E-state index in [-0.39, 0.29) is 19.0 Å². The maximum absolute atomic E-state index is 13.0. The predicted molar refractivity (Wildman–Crippen MR) is 104 cm³/mol. The molecule has 1 saturated heterocycles. The highest BCUT2D eigenvalue weighted by Gasteiger charge is 2.39. The minimum Gasteiger partial charge on any atom is -0.481 e. The molecule has 1 N–H and O–H groups in total. The Morgan fingerprint density at radius 3 is 2.21 bits per heavy atom. The third-order valence-corrected chi connectivity index (χ3v) is 7.95. The summed E-state index contributed by atoms with van der Waals surface area (Å²) >= 11 is 0. The van der Waals surface area contributed by atoms with E-state index in [2.05, 4.69) is 0 Å². The lowest BCUT2D eigenvalue weighted by Crippen LogP contribution is -2.53. The summed E-state index contributed by atoms with van der Waals surface area (Å²) in [6, 6.07) is 5.37. The number of aryl methyl sites for hydroxylation is 2. The van der Waals surface area contributed by atoms with E-state index in [4.69, 9.17) is 0 Å². The average molecular weight is 409 g/mol. The largest absolute Gasteiger partial charge is 0.481 e. The molecule has 0 radical (unpaired) electrons. The molecule has 0 unspecified atom stereocenters. The van der Waals surface area contributed by atoms with E-state index in [1.54, 1.807) is 24.0 Å². The van der Waals surface area contributed by atoms with Crippen LogP contribution in [0, 0.1) is 25.7 Å². The summed E-state index contributed by atoms with van der Waals surface area (Å²) in [6.45, 7) is 4.69. The number of carboxylic acid groups (broad SMARTS) is 1. The molecule has 1 aliphatic heterocycles. The Balaban J connectivity index is 1.69. The maximum Gasteiger partial charge on any atom is 0.307 e. The quantitative estimate of drug-likeness (QED) is 0.823. The Labute approximate surface area is 166 Å². The first-order valence-electron chi connectivity index (χ1n) is 9.81. The van der Waals surface area contributed by atoms with Crippen LogP contribution >= 0.6 is 0 Å². The Morgan fingerprint density at radius 1 is 1.00 bits per heavy atom. The first-order valence-corrected chi connectivity index (χ1v) is 11.2. The maximum atomic E-state index is 13.0. The molecule has 1 saturated carbocycles. The van der Waals surface area contributed by atoms with Gasteiger partial charge < -0.3 is 10.0 Å². The number of carboxylic acids is 1. The molecule has 7 nitrogen and oxygen atoms in total. The number of aliphatic carboxylic acids is 1. The van der Waals surface area contributed by atoms with Gasteiger partial charge in [0.2, 0.25) is 15.9 Å². The molecule has 1 aromatic carbocycles. The SMILES string of the molecule is Cc1ccc(C)c(S(=O)(=O)N2CCN(C(=O)[C@@H]3CCCC[C@@H]3C(=O)O)CC2)c1. The van der Waals surface area contributed by atoms with E-state index in [0.717, 1.165) is 18.4 Å². The molecular formula is C20H28N2O5S. The molecule has 2 fully saturated rings. The predicted octanol–water partition coefficient (Wildman–Crippen LogP) is 2.03. The highest BCUT2D eigenvalue weighted by molar-refractivity contribution is 7.89. The third kappa shape index (κ3) is 4.07. The zero-order valence-electron chi connectivity index (χ0n) is 16.4. The van der Waals surface area contributed by atoms with Gasteiger partial charge in [0.25, 0.3) is 0 Å². The van der Waals surface area contributed by atoms with Crippen molar-refractivity contribution in [1.82, 2.24) is 9.21 Å². The number of carbonyl (C=O) groups is 2. The van der Waals surface area contributed by atoms with Gasteiger partial charge in [0.1, 0.15) is 0 Å². The summed E-state index contributed by atoms with van der Waals surface area (Å²) in [5.74, 6) is -2.17. The second-order valence-corrected chi connectivity index (χ2v) is 9.74. The van der Waals surface area contributed by atoms with Crippen molar-refractivity contribution < 1.29 is 23.1 Å². The molecule has 0 bridgehead atoms. The number of benzene rings is 1. The van der Waals surface area contributed by atoms with Crippen molar-refractivity contribution in [2.75, 3.05) is 26.2 Å². The van der Waals surface area contributed by atoms with E-state index in [0.29, 0.717) is 36.4 Å². The lowest BCUT2D eigenvalue weighted by atomic mass is 9.78. The van der Waals surface area contributed by atoms with Crippen molar-refractivity contribution in [1.29, 1.82) is 0 Å². The lowest BCUT2D eigenvalue weighted by molar-refractivity contribution is -0.152. The summed E-state index contributed by atoms with van der Waals surface area (Å²) in [5.41, 5.74) is 1.59. The number of sulfonamides is 1. The molecule has 0 spiro atoms. The molecule has 0 aromatic heterocycles. The molecule has 1 amide bonds. The molecule has 2 aliphatic rings. The van der Waals surface area contributed by atoms with Crippen molar-refractivity contribution in [3.05, 3.63) is 29.3 Å². The van der Waals surface area contributed by atoms with E-state index in [1.807, 2.05) is 13.0 Å². The average Bonchev–Trinajstić information content (AvgIpc) is 2.69. The molecule has 1 heterocycles. The van der Waals surface area contributed by atoms with Crippen molar-refractivity contribution in [2.45, 2.75) is 44.4 Å². The standard InChI is InChI=1S/C20H28N2O5S/c1-14-7-8-15(2)18(13-14)28(26,27)22-11-9-21(10-12-22)19(23)16-5-3-4-6-17(16)20(24)25/h7-8,13,16-17H,3-6,9-12H2,1-2H3,(H,24,25)/t16-,17+/m1/s1. The van der Waals surface area contributed by atoms with Gasteiger partial charge >= 0.3 is 5.97 Å². The number of piperazine rings is 1. The second-order valence-electron chi connectivity index (χ2n) is 7.83. The van der Waals surface area contributed by atoms with Crippen molar-refractivity contribution >= 4 is 21.9 Å². The summed E-state index contributed by atoms with van der Waals surface area (Å²) < 4.78 is 27.5. The minimum atomic E-state index is -3.61. The van der Waals surface area contributed by atoms with Crippen LogP contribution in [0.2, 0.25) is 0 Å². The van der Waals surface area contributed by atoms with Gasteiger partial charge in [0, 0.05) is 26.2 Å². The number of carbonyl (C=O) groups excluding carboxylic acids is 1. The Bertz CT molecular complexity index is 859. The van der Waals surface area contributed by atoms with Crippen LogP contribution in [0.3, 0.4) is 0 Å². The third-order valence-electron chi connectivity index (χ3n) is 5.91. The van der Waals surface area contributed by atoms with E-state index in [9.17, 15) is 23.1 Å². The van der Waals surface area contributed by atoms with E-state index in [1.165, 1.54) is 4.31 Å².